The molecule has 4 aromatic heterocycles. The SMILES string of the molecule is Cc1cc(Cn2c(=O)c(C#N)cc3cnc(Nc4ccc(N(C)C5CCNCC5)cc4)nc32)c(-c2nccs2)s1. The van der Waals surface area contributed by atoms with Crippen LogP contribution in [0.3, 0.4) is 0 Å². The number of benzene rings is 1. The van der Waals surface area contributed by atoms with Gasteiger partial charge in [-0.05, 0) is 74.8 Å². The summed E-state index contributed by atoms with van der Waals surface area (Å²) in [6.45, 7) is 4.41. The number of nitrogens with one attached hydrogen (secondary N) is 2. The number of aryl methyl sites for hydroxylation is 1. The van der Waals surface area contributed by atoms with Crippen molar-refractivity contribution in [2.75, 3.05) is 30.4 Å². The van der Waals surface area contributed by atoms with Crippen molar-refractivity contribution < 1.29 is 0 Å². The zero-order chi connectivity index (χ0) is 27.6. The van der Waals surface area contributed by atoms with E-state index >= 15 is 0 Å². The van der Waals surface area contributed by atoms with Crippen molar-refractivity contribution in [2.24, 2.45) is 0 Å². The number of anilines is 3. The minimum absolute atomic E-state index is 0.0630. The van der Waals surface area contributed by atoms with Gasteiger partial charge in [-0.3, -0.25) is 9.36 Å². The standard InChI is InChI=1S/C29H28N8OS2/c1-18-13-21(25(40-18)27-32-11-12-39-27)17-37-26-20(14-19(15-30)28(37)38)16-33-29(35-26)34-22-3-5-23(6-4-22)36(2)24-7-9-31-10-8-24/h3-6,11-14,16,24,31H,7-10,17H2,1-2H3,(H,33,34,35). The van der Waals surface area contributed by atoms with Gasteiger partial charge < -0.3 is 15.5 Å². The number of hydrogen-bond acceptors (Lipinski definition) is 10. The van der Waals surface area contributed by atoms with Gasteiger partial charge in [0, 0.05) is 52.5 Å². The van der Waals surface area contributed by atoms with Gasteiger partial charge in [-0.1, -0.05) is 0 Å². The van der Waals surface area contributed by atoms with E-state index < -0.39 is 0 Å². The van der Waals surface area contributed by atoms with E-state index in [2.05, 4.69) is 50.7 Å². The molecule has 1 saturated heterocycles. The lowest BCUT2D eigenvalue weighted by Gasteiger charge is -2.33. The average molecular weight is 569 g/mol. The van der Waals surface area contributed by atoms with Gasteiger partial charge in [0.2, 0.25) is 5.95 Å². The summed E-state index contributed by atoms with van der Waals surface area (Å²) in [6.07, 6.45) is 5.70. The highest BCUT2D eigenvalue weighted by atomic mass is 32.1. The second kappa shape index (κ2) is 11.2. The van der Waals surface area contributed by atoms with Crippen LogP contribution in [0, 0.1) is 18.3 Å². The highest BCUT2D eigenvalue weighted by molar-refractivity contribution is 7.21. The molecule has 1 aromatic carbocycles. The summed E-state index contributed by atoms with van der Waals surface area (Å²) in [5, 5.41) is 19.8. The lowest BCUT2D eigenvalue weighted by Crippen LogP contribution is -2.41. The summed E-state index contributed by atoms with van der Waals surface area (Å²) in [5.74, 6) is 0.381. The second-order valence-corrected chi connectivity index (χ2v) is 12.0. The Kier molecular flexibility index (Phi) is 7.30. The molecule has 0 unspecified atom stereocenters. The molecular formula is C29H28N8OS2. The van der Waals surface area contributed by atoms with E-state index in [9.17, 15) is 10.1 Å². The largest absolute Gasteiger partial charge is 0.372 e. The zero-order valence-electron chi connectivity index (χ0n) is 22.2. The molecule has 0 aliphatic carbocycles. The fourth-order valence-corrected chi connectivity index (χ4v) is 6.93. The van der Waals surface area contributed by atoms with Gasteiger partial charge in [0.15, 0.2) is 0 Å². The number of nitriles is 1. The quantitative estimate of drug-likeness (QED) is 0.278. The van der Waals surface area contributed by atoms with Gasteiger partial charge in [0.05, 0.1) is 11.4 Å². The maximum Gasteiger partial charge on any atom is 0.270 e. The third-order valence-electron chi connectivity index (χ3n) is 7.22. The molecule has 0 atom stereocenters. The van der Waals surface area contributed by atoms with E-state index in [-0.39, 0.29) is 17.7 Å². The van der Waals surface area contributed by atoms with Crippen molar-refractivity contribution in [2.45, 2.75) is 32.4 Å². The fraction of sp³-hybridized carbons (Fsp3) is 0.276. The van der Waals surface area contributed by atoms with Gasteiger partial charge in [0.25, 0.3) is 5.56 Å². The van der Waals surface area contributed by atoms with Crippen molar-refractivity contribution >= 4 is 51.0 Å². The van der Waals surface area contributed by atoms with Crippen LogP contribution in [0.1, 0.15) is 28.8 Å². The summed E-state index contributed by atoms with van der Waals surface area (Å²) in [5.41, 5.74) is 3.14. The molecular weight excluding hydrogens is 541 g/mol. The fourth-order valence-electron chi connectivity index (χ4n) is 5.13. The summed E-state index contributed by atoms with van der Waals surface area (Å²) >= 11 is 3.21. The van der Waals surface area contributed by atoms with Crippen LogP contribution in [0.5, 0.6) is 0 Å². The molecule has 202 valence electrons. The summed E-state index contributed by atoms with van der Waals surface area (Å²) < 4.78 is 1.57. The van der Waals surface area contributed by atoms with Crippen LogP contribution in [0.15, 0.2) is 59.0 Å². The highest BCUT2D eigenvalue weighted by Gasteiger charge is 2.19. The minimum atomic E-state index is -0.376. The number of pyridine rings is 1. The smallest absolute Gasteiger partial charge is 0.270 e. The molecule has 0 radical (unpaired) electrons. The Labute approximate surface area is 239 Å². The molecule has 5 heterocycles. The minimum Gasteiger partial charge on any atom is -0.372 e. The number of hydrogen-bond donors (Lipinski definition) is 2. The van der Waals surface area contributed by atoms with E-state index in [1.54, 1.807) is 45.7 Å². The van der Waals surface area contributed by atoms with Crippen LogP contribution >= 0.6 is 22.7 Å². The molecule has 6 rings (SSSR count). The zero-order valence-corrected chi connectivity index (χ0v) is 23.9. The van der Waals surface area contributed by atoms with E-state index in [1.807, 2.05) is 30.5 Å². The Morgan fingerprint density at radius 2 is 2.00 bits per heavy atom. The molecule has 5 aromatic rings. The number of piperidine rings is 1. The molecule has 2 N–H and O–H groups in total. The first kappa shape index (κ1) is 26.1. The normalized spacial score (nSPS) is 13.8. The second-order valence-electron chi connectivity index (χ2n) is 9.85. The first-order chi connectivity index (χ1) is 19.5. The van der Waals surface area contributed by atoms with Gasteiger partial charge in [0.1, 0.15) is 22.3 Å². The van der Waals surface area contributed by atoms with Crippen LogP contribution in [0.4, 0.5) is 17.3 Å². The molecule has 1 aliphatic heterocycles. The molecule has 1 fully saturated rings. The summed E-state index contributed by atoms with van der Waals surface area (Å²) in [4.78, 5) is 31.5. The third-order valence-corrected chi connectivity index (χ3v) is 9.24. The van der Waals surface area contributed by atoms with E-state index in [0.717, 1.165) is 57.6 Å². The number of thiophene rings is 1. The van der Waals surface area contributed by atoms with E-state index in [4.69, 9.17) is 4.98 Å². The van der Waals surface area contributed by atoms with Crippen LogP contribution in [-0.2, 0) is 6.54 Å². The van der Waals surface area contributed by atoms with Crippen molar-refractivity contribution in [3.05, 3.63) is 80.5 Å². The van der Waals surface area contributed by atoms with Gasteiger partial charge in [-0.25, -0.2) is 9.97 Å². The van der Waals surface area contributed by atoms with E-state index in [1.165, 1.54) is 0 Å². The predicted octanol–water partition coefficient (Wildman–Crippen LogP) is 5.14. The Hall–Kier alpha value is -4.11. The molecule has 0 spiro atoms. The molecule has 0 bridgehead atoms. The predicted molar refractivity (Wildman–Crippen MR) is 162 cm³/mol. The monoisotopic (exact) mass is 568 g/mol. The third kappa shape index (κ3) is 5.21. The van der Waals surface area contributed by atoms with Crippen LogP contribution < -0.4 is 21.1 Å². The van der Waals surface area contributed by atoms with Crippen LogP contribution in [-0.4, -0.2) is 45.7 Å². The Morgan fingerprint density at radius 1 is 1.20 bits per heavy atom. The molecule has 0 saturated carbocycles. The number of fused-ring (bicyclic) bond motifs is 1. The van der Waals surface area contributed by atoms with Crippen LogP contribution in [0.2, 0.25) is 0 Å². The lowest BCUT2D eigenvalue weighted by molar-refractivity contribution is 0.443. The summed E-state index contributed by atoms with van der Waals surface area (Å²) in [6, 6.07) is 14.4. The maximum atomic E-state index is 13.4. The van der Waals surface area contributed by atoms with Gasteiger partial charge in [-0.2, -0.15) is 10.2 Å². The molecule has 0 amide bonds. The Bertz CT molecular complexity index is 1750. The van der Waals surface area contributed by atoms with Crippen LogP contribution in [0.25, 0.3) is 20.9 Å². The van der Waals surface area contributed by atoms with Crippen molar-refractivity contribution in [3.63, 3.8) is 0 Å². The highest BCUT2D eigenvalue weighted by Crippen LogP contribution is 2.34. The lowest BCUT2D eigenvalue weighted by atomic mass is 10.0. The van der Waals surface area contributed by atoms with Crippen molar-refractivity contribution in [1.82, 2.24) is 24.8 Å². The maximum absolute atomic E-state index is 13.4. The first-order valence-electron chi connectivity index (χ1n) is 13.1. The topological polar surface area (TPSA) is 112 Å². The van der Waals surface area contributed by atoms with Gasteiger partial charge in [-0.15, -0.1) is 22.7 Å². The Morgan fingerprint density at radius 3 is 2.73 bits per heavy atom. The number of nitrogens with zero attached hydrogens (tertiary/aromatic N) is 6. The van der Waals surface area contributed by atoms with Crippen molar-refractivity contribution in [1.29, 1.82) is 5.26 Å². The van der Waals surface area contributed by atoms with Gasteiger partial charge >= 0.3 is 0 Å². The van der Waals surface area contributed by atoms with Crippen molar-refractivity contribution in [3.8, 4) is 16.0 Å². The molecule has 1 aliphatic rings. The molecule has 9 nitrogen and oxygen atoms in total. The van der Waals surface area contributed by atoms with E-state index in [0.29, 0.717) is 23.0 Å². The Balaban J connectivity index is 1.32. The average Bonchev–Trinajstić information content (AvgIpc) is 3.64. The number of aromatic nitrogens is 4. The number of rotatable bonds is 7. The number of thiazole rings is 1. The molecule has 40 heavy (non-hydrogen) atoms. The molecule has 11 heteroatoms. The first-order valence-corrected chi connectivity index (χ1v) is 14.8. The summed E-state index contributed by atoms with van der Waals surface area (Å²) in [7, 11) is 2.15.